The Bertz CT molecular complexity index is 1190. The van der Waals surface area contributed by atoms with Crippen molar-refractivity contribution in [3.63, 3.8) is 0 Å². The average molecular weight is 496 g/mol. The zero-order valence-corrected chi connectivity index (χ0v) is 20.0. The first kappa shape index (κ1) is 25.2. The van der Waals surface area contributed by atoms with Crippen molar-refractivity contribution in [2.24, 2.45) is 0 Å². The van der Waals surface area contributed by atoms with Gasteiger partial charge in [0.1, 0.15) is 23.2 Å². The number of benzene rings is 3. The highest BCUT2D eigenvalue weighted by Crippen LogP contribution is 2.33. The van der Waals surface area contributed by atoms with Crippen molar-refractivity contribution >= 4 is 35.0 Å². The van der Waals surface area contributed by atoms with Crippen molar-refractivity contribution in [2.75, 3.05) is 11.9 Å². The summed E-state index contributed by atoms with van der Waals surface area (Å²) in [5.74, 6) is -0.327. The largest absolute Gasteiger partial charge is 0.492 e. The van der Waals surface area contributed by atoms with E-state index in [4.69, 9.17) is 16.3 Å². The minimum Gasteiger partial charge on any atom is -0.492 e. The molecule has 34 heavy (non-hydrogen) atoms. The third-order valence-corrected chi connectivity index (χ3v) is 6.10. The number of nitrogens with one attached hydrogen (secondary N) is 2. The normalized spacial score (nSPS) is 11.2. The van der Waals surface area contributed by atoms with Crippen LogP contribution in [0.2, 0.25) is 5.02 Å². The number of carbonyl (C=O) groups excluding carboxylic acids is 1. The quantitative estimate of drug-likeness (QED) is 0.256. The molecule has 3 aromatic rings. The second kappa shape index (κ2) is 12.7. The third-order valence-electron chi connectivity index (χ3n) is 4.72. The van der Waals surface area contributed by atoms with Crippen LogP contribution in [0.25, 0.3) is 0 Å². The molecular weight excluding hydrogens is 473 g/mol. The summed E-state index contributed by atoms with van der Waals surface area (Å²) in [5, 5.41) is 16.3. The van der Waals surface area contributed by atoms with E-state index in [1.54, 1.807) is 18.2 Å². The van der Waals surface area contributed by atoms with E-state index in [0.29, 0.717) is 18.0 Å². The molecule has 3 rings (SSSR count). The molecule has 1 amide bonds. The number of thioether (sulfide) groups is 1. The van der Waals surface area contributed by atoms with E-state index in [-0.39, 0.29) is 33.5 Å². The fraction of sp³-hybridized carbons (Fsp3) is 0.154. The van der Waals surface area contributed by atoms with Crippen LogP contribution in [0.1, 0.15) is 18.1 Å². The van der Waals surface area contributed by atoms with Gasteiger partial charge in [-0.2, -0.15) is 5.26 Å². The number of carbonyl (C=O) groups is 1. The van der Waals surface area contributed by atoms with Gasteiger partial charge >= 0.3 is 0 Å². The molecule has 0 atom stereocenters. The van der Waals surface area contributed by atoms with Gasteiger partial charge in [-0.1, -0.05) is 60.1 Å². The van der Waals surface area contributed by atoms with Gasteiger partial charge in [0.25, 0.3) is 5.91 Å². The highest BCUT2D eigenvalue weighted by atomic mass is 35.5. The Morgan fingerprint density at radius 2 is 1.82 bits per heavy atom. The molecule has 0 aliphatic heterocycles. The van der Waals surface area contributed by atoms with Crippen LogP contribution in [0.3, 0.4) is 0 Å². The molecule has 0 aliphatic carbocycles. The van der Waals surface area contributed by atoms with E-state index < -0.39 is 11.7 Å². The molecule has 0 aliphatic rings. The van der Waals surface area contributed by atoms with Crippen LogP contribution in [0.4, 0.5) is 10.1 Å². The summed E-state index contributed by atoms with van der Waals surface area (Å²) in [4.78, 5) is 13.0. The summed E-state index contributed by atoms with van der Waals surface area (Å²) >= 11 is 7.29. The van der Waals surface area contributed by atoms with E-state index in [1.807, 2.05) is 55.5 Å². The minimum atomic E-state index is -0.546. The highest BCUT2D eigenvalue weighted by Gasteiger charge is 2.19. The van der Waals surface area contributed by atoms with Crippen molar-refractivity contribution in [1.82, 2.24) is 5.32 Å². The molecule has 5 nitrogen and oxygen atoms in total. The Morgan fingerprint density at radius 1 is 1.09 bits per heavy atom. The van der Waals surface area contributed by atoms with Crippen molar-refractivity contribution in [3.8, 4) is 11.8 Å². The molecule has 8 heteroatoms. The van der Waals surface area contributed by atoms with Crippen molar-refractivity contribution in [2.45, 2.75) is 19.2 Å². The number of hydrogen-bond donors (Lipinski definition) is 2. The van der Waals surface area contributed by atoms with E-state index in [1.165, 1.54) is 12.1 Å². The number of nitriles is 1. The van der Waals surface area contributed by atoms with Gasteiger partial charge in [-0.05, 0) is 36.8 Å². The fourth-order valence-corrected chi connectivity index (χ4v) is 4.39. The smallest absolute Gasteiger partial charge is 0.264 e. The fourth-order valence-electron chi connectivity index (χ4n) is 3.03. The SMILES string of the molecule is CCOc1ccccc1NC(SCc1c(F)cccc1Cl)=C(C#N)C(=O)NCc1ccccc1. The molecule has 0 unspecified atom stereocenters. The molecule has 0 fully saturated rings. The number of rotatable bonds is 10. The highest BCUT2D eigenvalue weighted by molar-refractivity contribution is 8.02. The predicted molar refractivity (Wildman–Crippen MR) is 135 cm³/mol. The second-order valence-electron chi connectivity index (χ2n) is 7.03. The maximum atomic E-state index is 14.3. The molecule has 0 bridgehead atoms. The maximum absolute atomic E-state index is 14.3. The third kappa shape index (κ3) is 6.77. The molecule has 0 saturated heterocycles. The molecule has 3 aromatic carbocycles. The van der Waals surface area contributed by atoms with Gasteiger partial charge in [0, 0.05) is 22.9 Å². The Labute approximate surface area is 207 Å². The lowest BCUT2D eigenvalue weighted by atomic mass is 10.2. The predicted octanol–water partition coefficient (Wildman–Crippen LogP) is 6.27. The van der Waals surface area contributed by atoms with Gasteiger partial charge in [-0.3, -0.25) is 4.79 Å². The lowest BCUT2D eigenvalue weighted by Crippen LogP contribution is -2.25. The lowest BCUT2D eigenvalue weighted by Gasteiger charge is -2.17. The van der Waals surface area contributed by atoms with Crippen molar-refractivity contribution < 1.29 is 13.9 Å². The summed E-state index contributed by atoms with van der Waals surface area (Å²) in [6.07, 6.45) is 0. The second-order valence-corrected chi connectivity index (χ2v) is 8.42. The molecule has 0 radical (unpaired) electrons. The Morgan fingerprint density at radius 3 is 2.53 bits per heavy atom. The van der Waals surface area contributed by atoms with Gasteiger partial charge in [0.2, 0.25) is 0 Å². The van der Waals surface area contributed by atoms with Crippen molar-refractivity contribution in [3.05, 3.63) is 105 Å². The van der Waals surface area contributed by atoms with Crippen LogP contribution < -0.4 is 15.4 Å². The van der Waals surface area contributed by atoms with E-state index in [2.05, 4.69) is 10.6 Å². The van der Waals surface area contributed by atoms with Crippen LogP contribution >= 0.6 is 23.4 Å². The van der Waals surface area contributed by atoms with Crippen molar-refractivity contribution in [1.29, 1.82) is 5.26 Å². The number of hydrogen-bond acceptors (Lipinski definition) is 5. The number of amides is 1. The van der Waals surface area contributed by atoms with E-state index in [0.717, 1.165) is 17.3 Å². The number of para-hydroxylation sites is 2. The summed E-state index contributed by atoms with van der Waals surface area (Å²) in [5.41, 5.74) is 1.64. The van der Waals surface area contributed by atoms with Gasteiger partial charge in [-0.15, -0.1) is 11.8 Å². The minimum absolute atomic E-state index is 0.113. The molecule has 0 aromatic heterocycles. The first-order valence-electron chi connectivity index (χ1n) is 10.5. The number of ether oxygens (including phenoxy) is 1. The average Bonchev–Trinajstić information content (AvgIpc) is 2.84. The lowest BCUT2D eigenvalue weighted by molar-refractivity contribution is -0.117. The number of nitrogens with zero attached hydrogens (tertiary/aromatic N) is 1. The van der Waals surface area contributed by atoms with Crippen LogP contribution in [0, 0.1) is 17.1 Å². The summed E-state index contributed by atoms with van der Waals surface area (Å²) in [6.45, 7) is 2.57. The molecule has 0 heterocycles. The van der Waals surface area contributed by atoms with Gasteiger partial charge < -0.3 is 15.4 Å². The topological polar surface area (TPSA) is 74.1 Å². The van der Waals surface area contributed by atoms with Crippen LogP contribution in [-0.2, 0) is 17.1 Å². The van der Waals surface area contributed by atoms with E-state index >= 15 is 0 Å². The van der Waals surface area contributed by atoms with Gasteiger partial charge in [0.05, 0.1) is 17.3 Å². The summed E-state index contributed by atoms with van der Waals surface area (Å²) < 4.78 is 20.0. The van der Waals surface area contributed by atoms with Gasteiger partial charge in [0.15, 0.2) is 0 Å². The molecule has 0 spiro atoms. The van der Waals surface area contributed by atoms with Crippen LogP contribution in [0.15, 0.2) is 83.4 Å². The maximum Gasteiger partial charge on any atom is 0.264 e. The molecule has 0 saturated carbocycles. The summed E-state index contributed by atoms with van der Waals surface area (Å²) in [7, 11) is 0. The van der Waals surface area contributed by atoms with Crippen LogP contribution in [0.5, 0.6) is 5.75 Å². The standard InChI is InChI=1S/C26H23ClFN3O2S/c1-2-33-24-14-7-6-13-23(24)31-26(34-17-20-21(27)11-8-12-22(20)28)19(15-29)25(32)30-16-18-9-4-3-5-10-18/h3-14,31H,2,16-17H2,1H3,(H,30,32). The van der Waals surface area contributed by atoms with Gasteiger partial charge in [-0.25, -0.2) is 4.39 Å². The zero-order valence-electron chi connectivity index (χ0n) is 18.5. The Kier molecular flexibility index (Phi) is 9.39. The molecular formula is C26H23ClFN3O2S. The Balaban J connectivity index is 1.92. The molecule has 2 N–H and O–H groups in total. The number of halogens is 2. The zero-order chi connectivity index (χ0) is 24.3. The van der Waals surface area contributed by atoms with E-state index in [9.17, 15) is 14.4 Å². The van der Waals surface area contributed by atoms with Crippen LogP contribution in [-0.4, -0.2) is 12.5 Å². The first-order chi connectivity index (χ1) is 16.5. The summed E-state index contributed by atoms with van der Waals surface area (Å²) in [6, 6.07) is 23.0. The Hall–Kier alpha value is -3.47. The first-order valence-corrected chi connectivity index (χ1v) is 11.9. The number of anilines is 1. The molecule has 174 valence electrons. The monoisotopic (exact) mass is 495 g/mol.